The molecule has 0 bridgehead atoms. The molecule has 110 valence electrons. The molecular formula is C14H23N5O. The number of aromatic nitrogens is 2. The SMILES string of the molecule is Cc1c(N)nc(C2CC2)nc1N(C)CC(=O)NC(C)C. The first kappa shape index (κ1) is 14.6. The number of anilines is 2. The summed E-state index contributed by atoms with van der Waals surface area (Å²) in [7, 11) is 1.85. The molecule has 0 atom stereocenters. The van der Waals surface area contributed by atoms with E-state index in [9.17, 15) is 4.79 Å². The van der Waals surface area contributed by atoms with Gasteiger partial charge in [0.15, 0.2) is 0 Å². The molecule has 6 heteroatoms. The average molecular weight is 277 g/mol. The average Bonchev–Trinajstić information content (AvgIpc) is 3.14. The summed E-state index contributed by atoms with van der Waals surface area (Å²) >= 11 is 0. The van der Waals surface area contributed by atoms with E-state index in [0.717, 1.165) is 30.0 Å². The van der Waals surface area contributed by atoms with E-state index in [0.29, 0.717) is 11.7 Å². The van der Waals surface area contributed by atoms with Crippen molar-refractivity contribution in [2.24, 2.45) is 0 Å². The molecule has 0 unspecified atom stereocenters. The number of nitrogens with two attached hydrogens (primary N) is 1. The van der Waals surface area contributed by atoms with Gasteiger partial charge in [-0.3, -0.25) is 4.79 Å². The lowest BCUT2D eigenvalue weighted by atomic mass is 10.2. The summed E-state index contributed by atoms with van der Waals surface area (Å²) in [4.78, 5) is 22.6. The first-order valence-electron chi connectivity index (χ1n) is 7.03. The largest absolute Gasteiger partial charge is 0.383 e. The Balaban J connectivity index is 2.16. The first-order chi connectivity index (χ1) is 9.38. The Hall–Kier alpha value is -1.85. The zero-order chi connectivity index (χ0) is 14.9. The van der Waals surface area contributed by atoms with Crippen LogP contribution < -0.4 is 16.0 Å². The maximum absolute atomic E-state index is 11.8. The summed E-state index contributed by atoms with van der Waals surface area (Å²) in [6, 6.07) is 0.134. The summed E-state index contributed by atoms with van der Waals surface area (Å²) in [6.45, 7) is 6.03. The van der Waals surface area contributed by atoms with Crippen LogP contribution in [0.25, 0.3) is 0 Å². The second kappa shape index (κ2) is 5.64. The van der Waals surface area contributed by atoms with Crippen LogP contribution in [0.5, 0.6) is 0 Å². The molecule has 1 amide bonds. The molecule has 0 saturated heterocycles. The maximum Gasteiger partial charge on any atom is 0.239 e. The van der Waals surface area contributed by atoms with Crippen LogP contribution in [0.4, 0.5) is 11.6 Å². The number of carbonyl (C=O) groups excluding carboxylic acids is 1. The third kappa shape index (κ3) is 3.37. The maximum atomic E-state index is 11.8. The van der Waals surface area contributed by atoms with Crippen LogP contribution in [-0.2, 0) is 4.79 Å². The molecule has 1 aliphatic rings. The van der Waals surface area contributed by atoms with Gasteiger partial charge in [0, 0.05) is 24.6 Å². The second-order valence-electron chi connectivity index (χ2n) is 5.77. The standard InChI is InChI=1S/C14H23N5O/c1-8(2)16-11(20)7-19(4)14-9(3)12(15)17-13(18-14)10-5-6-10/h8,10H,5-7H2,1-4H3,(H,16,20)(H2,15,17,18). The van der Waals surface area contributed by atoms with Gasteiger partial charge in [0.25, 0.3) is 0 Å². The third-order valence-corrected chi connectivity index (χ3v) is 3.31. The van der Waals surface area contributed by atoms with Crippen molar-refractivity contribution in [3.8, 4) is 0 Å². The zero-order valence-corrected chi connectivity index (χ0v) is 12.6. The molecule has 2 rings (SSSR count). The van der Waals surface area contributed by atoms with E-state index in [-0.39, 0.29) is 18.5 Å². The number of hydrogen-bond acceptors (Lipinski definition) is 5. The summed E-state index contributed by atoms with van der Waals surface area (Å²) in [6.07, 6.45) is 2.25. The Bertz CT molecular complexity index is 511. The highest BCUT2D eigenvalue weighted by molar-refractivity contribution is 5.81. The summed E-state index contributed by atoms with van der Waals surface area (Å²) in [5, 5.41) is 2.87. The van der Waals surface area contributed by atoms with Crippen molar-refractivity contribution < 1.29 is 4.79 Å². The van der Waals surface area contributed by atoms with Crippen LogP contribution in [0.15, 0.2) is 0 Å². The fourth-order valence-electron chi connectivity index (χ4n) is 2.09. The van der Waals surface area contributed by atoms with Gasteiger partial charge in [0.2, 0.25) is 5.91 Å². The third-order valence-electron chi connectivity index (χ3n) is 3.31. The molecule has 1 aromatic heterocycles. The van der Waals surface area contributed by atoms with Crippen molar-refractivity contribution in [1.29, 1.82) is 0 Å². The molecule has 0 spiro atoms. The van der Waals surface area contributed by atoms with E-state index in [2.05, 4.69) is 15.3 Å². The van der Waals surface area contributed by atoms with Crippen molar-refractivity contribution in [2.45, 2.75) is 45.6 Å². The number of likely N-dealkylation sites (N-methyl/N-ethyl adjacent to an activating group) is 1. The topological polar surface area (TPSA) is 84.1 Å². The molecular weight excluding hydrogens is 254 g/mol. The molecule has 0 aliphatic heterocycles. The Morgan fingerprint density at radius 1 is 1.45 bits per heavy atom. The summed E-state index contributed by atoms with van der Waals surface area (Å²) < 4.78 is 0. The van der Waals surface area contributed by atoms with Gasteiger partial charge in [-0.2, -0.15) is 0 Å². The second-order valence-corrected chi connectivity index (χ2v) is 5.77. The molecule has 1 saturated carbocycles. The highest BCUT2D eigenvalue weighted by Crippen LogP contribution is 2.39. The quantitative estimate of drug-likeness (QED) is 0.845. The minimum absolute atomic E-state index is 0.0212. The highest BCUT2D eigenvalue weighted by atomic mass is 16.2. The Morgan fingerprint density at radius 3 is 2.65 bits per heavy atom. The molecule has 1 fully saturated rings. The molecule has 6 nitrogen and oxygen atoms in total. The normalized spacial score (nSPS) is 14.4. The van der Waals surface area contributed by atoms with Crippen molar-refractivity contribution in [2.75, 3.05) is 24.2 Å². The number of hydrogen-bond donors (Lipinski definition) is 2. The van der Waals surface area contributed by atoms with Gasteiger partial charge >= 0.3 is 0 Å². The van der Waals surface area contributed by atoms with Crippen LogP contribution in [0.1, 0.15) is 44.0 Å². The minimum atomic E-state index is -0.0212. The van der Waals surface area contributed by atoms with Crippen LogP contribution in [0.2, 0.25) is 0 Å². The van der Waals surface area contributed by atoms with Crippen LogP contribution in [0.3, 0.4) is 0 Å². The van der Waals surface area contributed by atoms with Crippen molar-refractivity contribution >= 4 is 17.5 Å². The lowest BCUT2D eigenvalue weighted by Gasteiger charge is -2.21. The van der Waals surface area contributed by atoms with E-state index in [1.54, 1.807) is 0 Å². The molecule has 1 heterocycles. The number of nitrogen functional groups attached to an aromatic ring is 1. The fraction of sp³-hybridized carbons (Fsp3) is 0.643. The van der Waals surface area contributed by atoms with Crippen LogP contribution in [0, 0.1) is 6.92 Å². The van der Waals surface area contributed by atoms with Gasteiger partial charge < -0.3 is 16.0 Å². The Kier molecular flexibility index (Phi) is 4.11. The smallest absolute Gasteiger partial charge is 0.239 e. The van der Waals surface area contributed by atoms with Crippen molar-refractivity contribution in [3.05, 3.63) is 11.4 Å². The van der Waals surface area contributed by atoms with Gasteiger partial charge in [-0.25, -0.2) is 9.97 Å². The fourth-order valence-corrected chi connectivity index (χ4v) is 2.09. The molecule has 20 heavy (non-hydrogen) atoms. The molecule has 1 aromatic rings. The van der Waals surface area contributed by atoms with Gasteiger partial charge in [-0.1, -0.05) is 0 Å². The predicted octanol–water partition coefficient (Wildman–Crippen LogP) is 1.21. The van der Waals surface area contributed by atoms with Crippen molar-refractivity contribution in [3.63, 3.8) is 0 Å². The number of nitrogens with zero attached hydrogens (tertiary/aromatic N) is 3. The van der Waals surface area contributed by atoms with E-state index < -0.39 is 0 Å². The number of rotatable bonds is 5. The zero-order valence-electron chi connectivity index (χ0n) is 12.6. The van der Waals surface area contributed by atoms with Gasteiger partial charge in [-0.15, -0.1) is 0 Å². The lowest BCUT2D eigenvalue weighted by molar-refractivity contribution is -0.120. The molecule has 1 aliphatic carbocycles. The molecule has 3 N–H and O–H groups in total. The van der Waals surface area contributed by atoms with E-state index in [1.165, 1.54) is 0 Å². The Morgan fingerprint density at radius 2 is 2.10 bits per heavy atom. The van der Waals surface area contributed by atoms with E-state index in [4.69, 9.17) is 5.73 Å². The predicted molar refractivity (Wildman–Crippen MR) is 79.7 cm³/mol. The van der Waals surface area contributed by atoms with Gasteiger partial charge in [0.1, 0.15) is 17.5 Å². The number of carbonyl (C=O) groups is 1. The van der Waals surface area contributed by atoms with E-state index in [1.807, 2.05) is 32.7 Å². The molecule has 0 radical (unpaired) electrons. The highest BCUT2D eigenvalue weighted by Gasteiger charge is 2.28. The van der Waals surface area contributed by atoms with Gasteiger partial charge in [0.05, 0.1) is 6.54 Å². The number of amides is 1. The minimum Gasteiger partial charge on any atom is -0.383 e. The van der Waals surface area contributed by atoms with Crippen LogP contribution >= 0.6 is 0 Å². The van der Waals surface area contributed by atoms with Crippen LogP contribution in [-0.4, -0.2) is 35.5 Å². The summed E-state index contributed by atoms with van der Waals surface area (Å²) in [5.41, 5.74) is 6.79. The first-order valence-corrected chi connectivity index (χ1v) is 7.03. The summed E-state index contributed by atoms with van der Waals surface area (Å²) in [5.74, 6) is 2.48. The van der Waals surface area contributed by atoms with Gasteiger partial charge in [-0.05, 0) is 33.6 Å². The number of nitrogens with one attached hydrogen (secondary N) is 1. The lowest BCUT2D eigenvalue weighted by Crippen LogP contribution is -2.39. The molecule has 0 aromatic carbocycles. The Labute approximate surface area is 119 Å². The van der Waals surface area contributed by atoms with E-state index >= 15 is 0 Å². The van der Waals surface area contributed by atoms with Crippen molar-refractivity contribution in [1.82, 2.24) is 15.3 Å². The monoisotopic (exact) mass is 277 g/mol.